The van der Waals surface area contributed by atoms with E-state index in [-0.39, 0.29) is 0 Å². The quantitative estimate of drug-likeness (QED) is 0.854. The van der Waals surface area contributed by atoms with Gasteiger partial charge in [0.25, 0.3) is 0 Å². The zero-order valence-electron chi connectivity index (χ0n) is 11.9. The molecular formula is C16H26N2. The van der Waals surface area contributed by atoms with Crippen molar-refractivity contribution < 1.29 is 0 Å². The Hall–Kier alpha value is -1.02. The van der Waals surface area contributed by atoms with Gasteiger partial charge in [-0.3, -0.25) is 0 Å². The minimum Gasteiger partial charge on any atom is -0.372 e. The van der Waals surface area contributed by atoms with E-state index in [0.29, 0.717) is 6.04 Å². The summed E-state index contributed by atoms with van der Waals surface area (Å²) in [5, 5.41) is 3.45. The second-order valence-electron chi connectivity index (χ2n) is 5.75. The minimum atomic E-state index is 0.547. The van der Waals surface area contributed by atoms with Crippen molar-refractivity contribution in [3.05, 3.63) is 29.8 Å². The second kappa shape index (κ2) is 6.24. The van der Waals surface area contributed by atoms with Crippen LogP contribution in [0.4, 0.5) is 5.69 Å². The smallest absolute Gasteiger partial charge is 0.0366 e. The van der Waals surface area contributed by atoms with E-state index in [1.165, 1.54) is 36.9 Å². The van der Waals surface area contributed by atoms with Crippen molar-refractivity contribution in [1.29, 1.82) is 0 Å². The number of rotatable bonds is 5. The normalized spacial score (nSPS) is 16.4. The molecule has 0 radical (unpaired) electrons. The minimum absolute atomic E-state index is 0.547. The predicted octanol–water partition coefficient (Wildman–Crippen LogP) is 3.56. The van der Waals surface area contributed by atoms with Crippen molar-refractivity contribution in [2.75, 3.05) is 11.9 Å². The molecule has 0 heterocycles. The fourth-order valence-electron chi connectivity index (χ4n) is 2.67. The molecule has 100 valence electrons. The van der Waals surface area contributed by atoms with Crippen LogP contribution in [0.25, 0.3) is 0 Å². The Kier molecular flexibility index (Phi) is 4.65. The van der Waals surface area contributed by atoms with E-state index < -0.39 is 0 Å². The van der Waals surface area contributed by atoms with Gasteiger partial charge in [-0.15, -0.1) is 0 Å². The van der Waals surface area contributed by atoms with Gasteiger partial charge >= 0.3 is 0 Å². The van der Waals surface area contributed by atoms with Crippen LogP contribution in [0.1, 0.15) is 45.1 Å². The third-order valence-corrected chi connectivity index (χ3v) is 3.93. The van der Waals surface area contributed by atoms with Crippen LogP contribution in [0, 0.1) is 0 Å². The number of hydrogen-bond acceptors (Lipinski definition) is 2. The maximum Gasteiger partial charge on any atom is 0.0366 e. The van der Waals surface area contributed by atoms with Crippen LogP contribution in [-0.4, -0.2) is 19.1 Å². The summed E-state index contributed by atoms with van der Waals surface area (Å²) in [6, 6.07) is 10.3. The van der Waals surface area contributed by atoms with Crippen molar-refractivity contribution >= 4 is 5.69 Å². The molecular weight excluding hydrogens is 220 g/mol. The van der Waals surface area contributed by atoms with Gasteiger partial charge in [-0.05, 0) is 30.5 Å². The Balaban J connectivity index is 1.93. The summed E-state index contributed by atoms with van der Waals surface area (Å²) < 4.78 is 0. The molecule has 0 aliphatic heterocycles. The molecule has 1 fully saturated rings. The summed E-state index contributed by atoms with van der Waals surface area (Å²) in [5.74, 6) is 0. The predicted molar refractivity (Wildman–Crippen MR) is 79.1 cm³/mol. The molecule has 1 saturated carbocycles. The van der Waals surface area contributed by atoms with Crippen molar-refractivity contribution in [2.45, 2.75) is 58.2 Å². The van der Waals surface area contributed by atoms with E-state index in [1.54, 1.807) is 0 Å². The number of benzene rings is 1. The number of hydrogen-bond donors (Lipinski definition) is 1. The first-order valence-electron chi connectivity index (χ1n) is 7.22. The Bertz CT molecular complexity index is 350. The van der Waals surface area contributed by atoms with Gasteiger partial charge in [-0.25, -0.2) is 0 Å². The Morgan fingerprint density at radius 1 is 1.17 bits per heavy atom. The lowest BCUT2D eigenvalue weighted by molar-refractivity contribution is 0.588. The highest BCUT2D eigenvalue weighted by Gasteiger charge is 2.19. The standard InChI is InChI=1S/C16H26N2/c1-13(2)17-12-14-8-10-16(11-9-14)18(3)15-6-4-5-7-15/h8-11,13,15,17H,4-7,12H2,1-3H3. The van der Waals surface area contributed by atoms with Gasteiger partial charge in [0.15, 0.2) is 0 Å². The fourth-order valence-corrected chi connectivity index (χ4v) is 2.67. The molecule has 18 heavy (non-hydrogen) atoms. The van der Waals surface area contributed by atoms with Crippen molar-refractivity contribution in [3.63, 3.8) is 0 Å². The van der Waals surface area contributed by atoms with Crippen molar-refractivity contribution in [1.82, 2.24) is 5.32 Å². The SMILES string of the molecule is CC(C)NCc1ccc(N(C)C2CCCC2)cc1. The van der Waals surface area contributed by atoms with Gasteiger partial charge in [-0.2, -0.15) is 0 Å². The zero-order chi connectivity index (χ0) is 13.0. The molecule has 0 amide bonds. The Morgan fingerprint density at radius 3 is 2.33 bits per heavy atom. The Morgan fingerprint density at radius 2 is 1.78 bits per heavy atom. The highest BCUT2D eigenvalue weighted by molar-refractivity contribution is 5.48. The summed E-state index contributed by atoms with van der Waals surface area (Å²) in [5.41, 5.74) is 2.72. The van der Waals surface area contributed by atoms with Gasteiger partial charge in [0.1, 0.15) is 0 Å². The topological polar surface area (TPSA) is 15.3 Å². The van der Waals surface area contributed by atoms with Gasteiger partial charge in [-0.1, -0.05) is 38.8 Å². The maximum absolute atomic E-state index is 3.45. The summed E-state index contributed by atoms with van der Waals surface area (Å²) in [7, 11) is 2.23. The lowest BCUT2D eigenvalue weighted by Gasteiger charge is -2.26. The van der Waals surface area contributed by atoms with Crippen LogP contribution in [0.3, 0.4) is 0 Å². The van der Waals surface area contributed by atoms with E-state index in [9.17, 15) is 0 Å². The van der Waals surface area contributed by atoms with Gasteiger partial charge in [0.2, 0.25) is 0 Å². The lowest BCUT2D eigenvalue weighted by atomic mass is 10.1. The molecule has 1 N–H and O–H groups in total. The average molecular weight is 246 g/mol. The first-order valence-corrected chi connectivity index (χ1v) is 7.22. The second-order valence-corrected chi connectivity index (χ2v) is 5.75. The van der Waals surface area contributed by atoms with Gasteiger partial charge in [0.05, 0.1) is 0 Å². The summed E-state index contributed by atoms with van der Waals surface area (Å²) in [6.45, 7) is 5.33. The molecule has 1 aliphatic carbocycles. The largest absolute Gasteiger partial charge is 0.372 e. The molecule has 1 aliphatic rings. The van der Waals surface area contributed by atoms with E-state index >= 15 is 0 Å². The van der Waals surface area contributed by atoms with Crippen LogP contribution in [-0.2, 0) is 6.54 Å². The maximum atomic E-state index is 3.45. The van der Waals surface area contributed by atoms with Gasteiger partial charge in [0, 0.05) is 31.4 Å². The van der Waals surface area contributed by atoms with E-state index in [0.717, 1.165) is 12.6 Å². The third kappa shape index (κ3) is 3.49. The third-order valence-electron chi connectivity index (χ3n) is 3.93. The van der Waals surface area contributed by atoms with E-state index in [1.807, 2.05) is 0 Å². The highest BCUT2D eigenvalue weighted by atomic mass is 15.1. The van der Waals surface area contributed by atoms with E-state index in [4.69, 9.17) is 0 Å². The van der Waals surface area contributed by atoms with Crippen LogP contribution in [0.2, 0.25) is 0 Å². The molecule has 1 aromatic rings. The summed E-state index contributed by atoms with van der Waals surface area (Å²) in [4.78, 5) is 2.45. The lowest BCUT2D eigenvalue weighted by Crippen LogP contribution is -2.28. The van der Waals surface area contributed by atoms with Crippen LogP contribution in [0.15, 0.2) is 24.3 Å². The van der Waals surface area contributed by atoms with Crippen molar-refractivity contribution in [3.8, 4) is 0 Å². The molecule has 0 aromatic heterocycles. The number of nitrogens with one attached hydrogen (secondary N) is 1. The molecule has 0 saturated heterocycles. The number of anilines is 1. The monoisotopic (exact) mass is 246 g/mol. The summed E-state index contributed by atoms with van der Waals surface area (Å²) in [6.07, 6.45) is 5.50. The zero-order valence-corrected chi connectivity index (χ0v) is 11.9. The molecule has 0 unspecified atom stereocenters. The summed E-state index contributed by atoms with van der Waals surface area (Å²) >= 11 is 0. The molecule has 1 aromatic carbocycles. The fraction of sp³-hybridized carbons (Fsp3) is 0.625. The van der Waals surface area contributed by atoms with Crippen LogP contribution in [0.5, 0.6) is 0 Å². The van der Waals surface area contributed by atoms with Crippen molar-refractivity contribution in [2.24, 2.45) is 0 Å². The molecule has 0 spiro atoms. The van der Waals surface area contributed by atoms with Crippen LogP contribution < -0.4 is 10.2 Å². The first kappa shape index (κ1) is 13.4. The highest BCUT2D eigenvalue weighted by Crippen LogP contribution is 2.26. The van der Waals surface area contributed by atoms with Gasteiger partial charge < -0.3 is 10.2 Å². The average Bonchev–Trinajstić information content (AvgIpc) is 2.90. The van der Waals surface area contributed by atoms with Crippen LogP contribution >= 0.6 is 0 Å². The molecule has 0 atom stereocenters. The molecule has 0 bridgehead atoms. The van der Waals surface area contributed by atoms with E-state index in [2.05, 4.69) is 55.4 Å². The first-order chi connectivity index (χ1) is 8.66. The Labute approximate surface area is 111 Å². The number of nitrogens with zero attached hydrogens (tertiary/aromatic N) is 1. The molecule has 2 nitrogen and oxygen atoms in total. The molecule has 2 heteroatoms. The molecule has 2 rings (SSSR count).